The van der Waals surface area contributed by atoms with Gasteiger partial charge in [-0.25, -0.2) is 8.42 Å². The second-order valence-corrected chi connectivity index (χ2v) is 9.68. The predicted octanol–water partition coefficient (Wildman–Crippen LogP) is 4.40. The summed E-state index contributed by atoms with van der Waals surface area (Å²) in [5.41, 5.74) is 3.37. The Morgan fingerprint density at radius 3 is 2.40 bits per heavy atom. The third-order valence-corrected chi connectivity index (χ3v) is 7.33. The van der Waals surface area contributed by atoms with Gasteiger partial charge < -0.3 is 5.32 Å². The van der Waals surface area contributed by atoms with Gasteiger partial charge in [-0.2, -0.15) is 4.31 Å². The van der Waals surface area contributed by atoms with Gasteiger partial charge in [0.25, 0.3) is 0 Å². The van der Waals surface area contributed by atoms with Gasteiger partial charge in [0.05, 0.1) is 4.90 Å². The van der Waals surface area contributed by atoms with Crippen LogP contribution in [0.25, 0.3) is 0 Å². The number of benzene rings is 3. The van der Waals surface area contributed by atoms with Crippen molar-refractivity contribution in [1.29, 1.82) is 0 Å². The fourth-order valence-electron chi connectivity index (χ4n) is 3.61. The lowest BCUT2D eigenvalue weighted by atomic mass is 9.95. The standard InChI is InChI=1S/C23H21ClN2O3S/c1-16-9-11-21(12-10-16)30(28,29)26-15-18-6-3-2-5-17(18)13-22(26)23(27)25-20-8-4-7-19(24)14-20/h2-12,14,22H,13,15H2,1H3,(H,25,27)/t22-/m1/s1. The summed E-state index contributed by atoms with van der Waals surface area (Å²) < 4.78 is 28.2. The first-order chi connectivity index (χ1) is 14.3. The molecular weight excluding hydrogens is 420 g/mol. The molecular formula is C23H21ClN2O3S. The molecule has 0 aliphatic carbocycles. The van der Waals surface area contributed by atoms with E-state index in [0.29, 0.717) is 17.1 Å². The Balaban J connectivity index is 1.71. The molecule has 0 saturated carbocycles. The summed E-state index contributed by atoms with van der Waals surface area (Å²) in [4.78, 5) is 13.3. The van der Waals surface area contributed by atoms with E-state index in [9.17, 15) is 13.2 Å². The smallest absolute Gasteiger partial charge is 0.244 e. The first-order valence-electron chi connectivity index (χ1n) is 9.56. The van der Waals surface area contributed by atoms with Crippen molar-refractivity contribution < 1.29 is 13.2 Å². The largest absolute Gasteiger partial charge is 0.325 e. The molecule has 1 heterocycles. The van der Waals surface area contributed by atoms with Crippen LogP contribution in [0, 0.1) is 6.92 Å². The topological polar surface area (TPSA) is 66.5 Å². The highest BCUT2D eigenvalue weighted by molar-refractivity contribution is 7.89. The number of carbonyl (C=O) groups is 1. The maximum absolute atomic E-state index is 13.5. The van der Waals surface area contributed by atoms with Crippen molar-refractivity contribution in [3.05, 3.63) is 94.5 Å². The molecule has 0 radical (unpaired) electrons. The number of sulfonamides is 1. The normalized spacial score (nSPS) is 16.7. The van der Waals surface area contributed by atoms with Crippen molar-refractivity contribution in [1.82, 2.24) is 4.31 Å². The third kappa shape index (κ3) is 4.12. The summed E-state index contributed by atoms with van der Waals surface area (Å²) in [6, 6.07) is 20.2. The molecule has 0 aromatic heterocycles. The van der Waals surface area contributed by atoms with E-state index in [1.54, 1.807) is 48.5 Å². The highest BCUT2D eigenvalue weighted by Crippen LogP contribution is 2.30. The lowest BCUT2D eigenvalue weighted by Crippen LogP contribution is -2.50. The van der Waals surface area contributed by atoms with Crippen LogP contribution in [0.2, 0.25) is 5.02 Å². The molecule has 1 amide bonds. The molecule has 154 valence electrons. The quantitative estimate of drug-likeness (QED) is 0.653. The molecule has 3 aromatic rings. The number of fused-ring (bicyclic) bond motifs is 1. The Bertz CT molecular complexity index is 1190. The van der Waals surface area contributed by atoms with Crippen molar-refractivity contribution >= 4 is 33.2 Å². The van der Waals surface area contributed by atoms with Crippen LogP contribution in [-0.2, 0) is 27.8 Å². The van der Waals surface area contributed by atoms with E-state index in [4.69, 9.17) is 11.6 Å². The van der Waals surface area contributed by atoms with Gasteiger partial charge in [0.2, 0.25) is 15.9 Å². The zero-order chi connectivity index (χ0) is 21.3. The minimum atomic E-state index is -3.87. The van der Waals surface area contributed by atoms with Gasteiger partial charge in [0.15, 0.2) is 0 Å². The van der Waals surface area contributed by atoms with Gasteiger partial charge in [-0.15, -0.1) is 0 Å². The van der Waals surface area contributed by atoms with E-state index >= 15 is 0 Å². The van der Waals surface area contributed by atoms with Crippen LogP contribution < -0.4 is 5.32 Å². The summed E-state index contributed by atoms with van der Waals surface area (Å²) in [6.45, 7) is 2.04. The number of anilines is 1. The molecule has 7 heteroatoms. The van der Waals surface area contributed by atoms with Crippen molar-refractivity contribution in [2.75, 3.05) is 5.32 Å². The van der Waals surface area contributed by atoms with Gasteiger partial charge >= 0.3 is 0 Å². The Kier molecular flexibility index (Phi) is 5.64. The van der Waals surface area contributed by atoms with Crippen molar-refractivity contribution in [2.45, 2.75) is 30.8 Å². The molecule has 0 bridgehead atoms. The number of hydrogen-bond acceptors (Lipinski definition) is 3. The molecule has 0 spiro atoms. The first kappa shape index (κ1) is 20.6. The first-order valence-corrected chi connectivity index (χ1v) is 11.4. The Morgan fingerprint density at radius 2 is 1.70 bits per heavy atom. The second-order valence-electron chi connectivity index (χ2n) is 7.35. The average molecular weight is 441 g/mol. The third-order valence-electron chi connectivity index (χ3n) is 5.23. The zero-order valence-corrected chi connectivity index (χ0v) is 18.0. The SMILES string of the molecule is Cc1ccc(S(=O)(=O)N2Cc3ccccc3C[C@@H]2C(=O)Nc2cccc(Cl)c2)cc1. The minimum absolute atomic E-state index is 0.139. The number of hydrogen-bond donors (Lipinski definition) is 1. The predicted molar refractivity (Wildman–Crippen MR) is 118 cm³/mol. The fourth-order valence-corrected chi connectivity index (χ4v) is 5.37. The Hall–Kier alpha value is -2.67. The number of amides is 1. The van der Waals surface area contributed by atoms with Crippen molar-refractivity contribution in [3.8, 4) is 0 Å². The molecule has 1 atom stereocenters. The molecule has 0 fully saturated rings. The molecule has 1 aliphatic heterocycles. The van der Waals surface area contributed by atoms with E-state index in [-0.39, 0.29) is 17.3 Å². The van der Waals surface area contributed by atoms with Gasteiger partial charge in [0.1, 0.15) is 6.04 Å². The second kappa shape index (κ2) is 8.22. The van der Waals surface area contributed by atoms with Crippen LogP contribution in [0.1, 0.15) is 16.7 Å². The Labute approximate surface area is 181 Å². The van der Waals surface area contributed by atoms with Crippen LogP contribution >= 0.6 is 11.6 Å². The van der Waals surface area contributed by atoms with Crippen LogP contribution in [-0.4, -0.2) is 24.7 Å². The average Bonchev–Trinajstić information content (AvgIpc) is 2.73. The van der Waals surface area contributed by atoms with E-state index < -0.39 is 16.1 Å². The van der Waals surface area contributed by atoms with E-state index in [0.717, 1.165) is 16.7 Å². The van der Waals surface area contributed by atoms with Crippen LogP contribution in [0.3, 0.4) is 0 Å². The fraction of sp³-hybridized carbons (Fsp3) is 0.174. The highest BCUT2D eigenvalue weighted by atomic mass is 35.5. The van der Waals surface area contributed by atoms with Crippen LogP contribution in [0.4, 0.5) is 5.69 Å². The summed E-state index contributed by atoms with van der Waals surface area (Å²) in [6.07, 6.45) is 0.299. The van der Waals surface area contributed by atoms with E-state index in [1.165, 1.54) is 4.31 Å². The van der Waals surface area contributed by atoms with Crippen LogP contribution in [0.5, 0.6) is 0 Å². The zero-order valence-electron chi connectivity index (χ0n) is 16.4. The number of carbonyl (C=O) groups excluding carboxylic acids is 1. The molecule has 1 aliphatic rings. The summed E-state index contributed by atoms with van der Waals surface area (Å²) >= 11 is 6.02. The van der Waals surface area contributed by atoms with E-state index in [1.807, 2.05) is 31.2 Å². The van der Waals surface area contributed by atoms with Gasteiger partial charge in [-0.05, 0) is 54.8 Å². The molecule has 4 rings (SSSR count). The van der Waals surface area contributed by atoms with E-state index in [2.05, 4.69) is 5.32 Å². The van der Waals surface area contributed by atoms with Gasteiger partial charge in [-0.1, -0.05) is 59.6 Å². The van der Waals surface area contributed by atoms with Gasteiger partial charge in [0, 0.05) is 17.3 Å². The summed E-state index contributed by atoms with van der Waals surface area (Å²) in [5, 5.41) is 3.31. The summed E-state index contributed by atoms with van der Waals surface area (Å²) in [5.74, 6) is -0.387. The minimum Gasteiger partial charge on any atom is -0.325 e. The lowest BCUT2D eigenvalue weighted by molar-refractivity contribution is -0.120. The number of halogens is 1. The molecule has 3 aromatic carbocycles. The number of rotatable bonds is 4. The monoisotopic (exact) mass is 440 g/mol. The van der Waals surface area contributed by atoms with Crippen molar-refractivity contribution in [3.63, 3.8) is 0 Å². The molecule has 0 unspecified atom stereocenters. The summed E-state index contributed by atoms with van der Waals surface area (Å²) in [7, 11) is -3.87. The highest BCUT2D eigenvalue weighted by Gasteiger charge is 2.39. The maximum Gasteiger partial charge on any atom is 0.244 e. The molecule has 1 N–H and O–H groups in total. The number of nitrogens with one attached hydrogen (secondary N) is 1. The lowest BCUT2D eigenvalue weighted by Gasteiger charge is -2.35. The van der Waals surface area contributed by atoms with Crippen LogP contribution in [0.15, 0.2) is 77.7 Å². The molecule has 5 nitrogen and oxygen atoms in total. The number of aryl methyl sites for hydroxylation is 1. The van der Waals surface area contributed by atoms with Gasteiger partial charge in [-0.3, -0.25) is 4.79 Å². The molecule has 30 heavy (non-hydrogen) atoms. The number of nitrogens with zero attached hydrogens (tertiary/aromatic N) is 1. The molecule has 0 saturated heterocycles. The maximum atomic E-state index is 13.5. The van der Waals surface area contributed by atoms with Crippen molar-refractivity contribution in [2.24, 2.45) is 0 Å². The Morgan fingerprint density at radius 1 is 1.00 bits per heavy atom.